The van der Waals surface area contributed by atoms with Crippen LogP contribution in [0, 0.1) is 17.8 Å². The molecule has 0 radical (unpaired) electrons. The number of hydrazine groups is 1. The molecular formula is C12H26N2. The van der Waals surface area contributed by atoms with Gasteiger partial charge in [-0.2, -0.15) is 0 Å². The van der Waals surface area contributed by atoms with E-state index >= 15 is 0 Å². The van der Waals surface area contributed by atoms with Crippen LogP contribution in [0.5, 0.6) is 0 Å². The lowest BCUT2D eigenvalue weighted by atomic mass is 9.88. The smallest absolute Gasteiger partial charge is 0.0168 e. The van der Waals surface area contributed by atoms with Crippen LogP contribution in [0.3, 0.4) is 0 Å². The summed E-state index contributed by atoms with van der Waals surface area (Å²) in [4.78, 5) is 0. The van der Waals surface area contributed by atoms with Crippen LogP contribution in [0.15, 0.2) is 0 Å². The van der Waals surface area contributed by atoms with Crippen LogP contribution in [0.2, 0.25) is 0 Å². The highest BCUT2D eigenvalue weighted by atomic mass is 15.5. The Morgan fingerprint density at radius 1 is 1.36 bits per heavy atom. The van der Waals surface area contributed by atoms with Crippen molar-refractivity contribution in [3.8, 4) is 0 Å². The molecule has 0 aromatic heterocycles. The summed E-state index contributed by atoms with van der Waals surface area (Å²) < 4.78 is 0. The molecule has 0 aromatic rings. The van der Waals surface area contributed by atoms with E-state index in [-0.39, 0.29) is 0 Å². The Bertz CT molecular complexity index is 158. The monoisotopic (exact) mass is 198 g/mol. The zero-order valence-corrected chi connectivity index (χ0v) is 10.2. The summed E-state index contributed by atoms with van der Waals surface area (Å²) in [6, 6.07) is 0. The maximum atomic E-state index is 3.38. The van der Waals surface area contributed by atoms with Crippen molar-refractivity contribution < 1.29 is 0 Å². The van der Waals surface area contributed by atoms with E-state index in [1.165, 1.54) is 32.4 Å². The van der Waals surface area contributed by atoms with Gasteiger partial charge in [-0.15, -0.1) is 0 Å². The van der Waals surface area contributed by atoms with Crippen LogP contribution in [0.25, 0.3) is 0 Å². The van der Waals surface area contributed by atoms with Crippen molar-refractivity contribution in [2.45, 2.75) is 40.0 Å². The molecule has 1 heterocycles. The maximum Gasteiger partial charge on any atom is 0.0168 e. The standard InChI is InChI=1S/C12H26N2/c1-5-10(2)6-11(3)7-12-8-13-14(4)9-12/h10-13H,5-9H2,1-4H3/t10-,11+,12?/m1/s1. The molecule has 2 heteroatoms. The van der Waals surface area contributed by atoms with Crippen molar-refractivity contribution >= 4 is 0 Å². The first-order valence-corrected chi connectivity index (χ1v) is 6.06. The molecule has 0 spiro atoms. The Morgan fingerprint density at radius 2 is 2.07 bits per heavy atom. The van der Waals surface area contributed by atoms with Crippen LogP contribution < -0.4 is 5.43 Å². The van der Waals surface area contributed by atoms with Crippen molar-refractivity contribution in [2.75, 3.05) is 20.1 Å². The van der Waals surface area contributed by atoms with Gasteiger partial charge in [0.1, 0.15) is 0 Å². The van der Waals surface area contributed by atoms with E-state index in [0.29, 0.717) is 0 Å². The molecule has 1 saturated heterocycles. The third kappa shape index (κ3) is 3.97. The first-order chi connectivity index (χ1) is 6.61. The summed E-state index contributed by atoms with van der Waals surface area (Å²) in [5.41, 5.74) is 3.38. The average Bonchev–Trinajstić information content (AvgIpc) is 2.50. The van der Waals surface area contributed by atoms with Crippen LogP contribution in [0.1, 0.15) is 40.0 Å². The molecule has 1 aliphatic rings. The van der Waals surface area contributed by atoms with Crippen molar-refractivity contribution in [1.82, 2.24) is 10.4 Å². The highest BCUT2D eigenvalue weighted by Gasteiger charge is 2.21. The molecule has 0 amide bonds. The number of hydrogen-bond acceptors (Lipinski definition) is 2. The Kier molecular flexibility index (Phi) is 4.90. The van der Waals surface area contributed by atoms with Crippen LogP contribution in [-0.2, 0) is 0 Å². The van der Waals surface area contributed by atoms with Crippen molar-refractivity contribution in [3.05, 3.63) is 0 Å². The van der Waals surface area contributed by atoms with Crippen molar-refractivity contribution in [2.24, 2.45) is 17.8 Å². The number of nitrogens with one attached hydrogen (secondary N) is 1. The van der Waals surface area contributed by atoms with E-state index in [2.05, 4.69) is 38.3 Å². The van der Waals surface area contributed by atoms with Crippen molar-refractivity contribution in [1.29, 1.82) is 0 Å². The van der Waals surface area contributed by atoms with E-state index in [4.69, 9.17) is 0 Å². The number of hydrogen-bond donors (Lipinski definition) is 1. The first-order valence-electron chi connectivity index (χ1n) is 6.06. The summed E-state index contributed by atoms with van der Waals surface area (Å²) in [6.07, 6.45) is 4.12. The molecule has 1 rings (SSSR count). The summed E-state index contributed by atoms with van der Waals surface area (Å²) >= 11 is 0. The number of nitrogens with zero attached hydrogens (tertiary/aromatic N) is 1. The summed E-state index contributed by atoms with van der Waals surface area (Å²) in [6.45, 7) is 9.48. The fourth-order valence-corrected chi connectivity index (χ4v) is 2.48. The number of rotatable bonds is 5. The fraction of sp³-hybridized carbons (Fsp3) is 1.00. The van der Waals surface area contributed by atoms with Gasteiger partial charge in [0.2, 0.25) is 0 Å². The first kappa shape index (κ1) is 12.0. The van der Waals surface area contributed by atoms with Gasteiger partial charge in [-0.1, -0.05) is 27.2 Å². The quantitative estimate of drug-likeness (QED) is 0.730. The van der Waals surface area contributed by atoms with Gasteiger partial charge in [0.25, 0.3) is 0 Å². The van der Waals surface area contributed by atoms with Gasteiger partial charge in [0, 0.05) is 20.1 Å². The minimum absolute atomic E-state index is 0.874. The lowest BCUT2D eigenvalue weighted by Gasteiger charge is -2.18. The van der Waals surface area contributed by atoms with Gasteiger partial charge < -0.3 is 0 Å². The molecule has 0 aromatic carbocycles. The average molecular weight is 198 g/mol. The second-order valence-corrected chi connectivity index (χ2v) is 5.20. The predicted molar refractivity (Wildman–Crippen MR) is 62.0 cm³/mol. The lowest BCUT2D eigenvalue weighted by molar-refractivity contribution is 0.295. The predicted octanol–water partition coefficient (Wildman–Crippen LogP) is 2.52. The van der Waals surface area contributed by atoms with Crippen LogP contribution in [0.4, 0.5) is 0 Å². The SMILES string of the molecule is CC[C@@H](C)C[C@H](C)CC1CNN(C)C1. The summed E-state index contributed by atoms with van der Waals surface area (Å²) in [5, 5.41) is 2.22. The highest BCUT2D eigenvalue weighted by Crippen LogP contribution is 2.23. The molecule has 1 N–H and O–H groups in total. The third-order valence-corrected chi connectivity index (χ3v) is 3.42. The summed E-state index contributed by atoms with van der Waals surface area (Å²) in [7, 11) is 2.14. The molecule has 0 saturated carbocycles. The molecule has 0 bridgehead atoms. The third-order valence-electron chi connectivity index (χ3n) is 3.42. The minimum Gasteiger partial charge on any atom is -0.255 e. The van der Waals surface area contributed by atoms with Crippen molar-refractivity contribution in [3.63, 3.8) is 0 Å². The van der Waals surface area contributed by atoms with Gasteiger partial charge in [-0.3, -0.25) is 5.43 Å². The minimum atomic E-state index is 0.874. The zero-order chi connectivity index (χ0) is 10.6. The molecule has 3 atom stereocenters. The summed E-state index contributed by atoms with van der Waals surface area (Å²) in [5.74, 6) is 2.67. The Hall–Kier alpha value is -0.0800. The lowest BCUT2D eigenvalue weighted by Crippen LogP contribution is -2.25. The van der Waals surface area contributed by atoms with Gasteiger partial charge in [-0.25, -0.2) is 5.01 Å². The van der Waals surface area contributed by atoms with Gasteiger partial charge >= 0.3 is 0 Å². The van der Waals surface area contributed by atoms with E-state index in [9.17, 15) is 0 Å². The highest BCUT2D eigenvalue weighted by molar-refractivity contribution is 4.73. The van der Waals surface area contributed by atoms with E-state index in [0.717, 1.165) is 17.8 Å². The van der Waals surface area contributed by atoms with Gasteiger partial charge in [0.05, 0.1) is 0 Å². The molecule has 1 aliphatic heterocycles. The zero-order valence-electron chi connectivity index (χ0n) is 10.2. The van der Waals surface area contributed by atoms with E-state index < -0.39 is 0 Å². The van der Waals surface area contributed by atoms with Crippen LogP contribution in [-0.4, -0.2) is 25.1 Å². The largest absolute Gasteiger partial charge is 0.255 e. The molecule has 2 nitrogen and oxygen atoms in total. The van der Waals surface area contributed by atoms with Gasteiger partial charge in [0.15, 0.2) is 0 Å². The topological polar surface area (TPSA) is 15.3 Å². The Balaban J connectivity index is 2.16. The fourth-order valence-electron chi connectivity index (χ4n) is 2.48. The Labute approximate surface area is 89.0 Å². The van der Waals surface area contributed by atoms with E-state index in [1.807, 2.05) is 0 Å². The molecule has 84 valence electrons. The second kappa shape index (κ2) is 5.72. The molecule has 14 heavy (non-hydrogen) atoms. The second-order valence-electron chi connectivity index (χ2n) is 5.20. The van der Waals surface area contributed by atoms with E-state index in [1.54, 1.807) is 0 Å². The molecular weight excluding hydrogens is 172 g/mol. The Morgan fingerprint density at radius 3 is 2.57 bits per heavy atom. The molecule has 0 aliphatic carbocycles. The molecule has 1 fully saturated rings. The van der Waals surface area contributed by atoms with Crippen LogP contribution >= 0.6 is 0 Å². The maximum absolute atomic E-state index is 3.38. The molecule has 1 unspecified atom stereocenters. The van der Waals surface area contributed by atoms with Gasteiger partial charge in [-0.05, 0) is 30.6 Å². The normalized spacial score (nSPS) is 27.9.